The van der Waals surface area contributed by atoms with E-state index in [1.807, 2.05) is 26.2 Å². The van der Waals surface area contributed by atoms with Gasteiger partial charge < -0.3 is 15.0 Å². The molecule has 4 nitrogen and oxygen atoms in total. The van der Waals surface area contributed by atoms with Crippen LogP contribution in [0.2, 0.25) is 0 Å². The topological polar surface area (TPSA) is 37.4 Å². The molecule has 1 N–H and O–H groups in total. The number of pyridine rings is 1. The van der Waals surface area contributed by atoms with Crippen LogP contribution in [0.5, 0.6) is 5.88 Å². The third-order valence-corrected chi connectivity index (χ3v) is 2.07. The van der Waals surface area contributed by atoms with E-state index >= 15 is 0 Å². The highest BCUT2D eigenvalue weighted by Crippen LogP contribution is 2.16. The van der Waals surface area contributed by atoms with Gasteiger partial charge in [0, 0.05) is 38.1 Å². The fraction of sp³-hybridized carbons (Fsp3) is 0.500. The summed E-state index contributed by atoms with van der Waals surface area (Å²) in [7, 11) is 5.62. The number of hydrogen-bond donors (Lipinski definition) is 1. The summed E-state index contributed by atoms with van der Waals surface area (Å²) in [6, 6.07) is 3.90. The fourth-order valence-corrected chi connectivity index (χ4v) is 1.16. The van der Waals surface area contributed by atoms with Crippen molar-refractivity contribution in [3.05, 3.63) is 18.3 Å². The quantitative estimate of drug-likeness (QED) is 0.752. The summed E-state index contributed by atoms with van der Waals surface area (Å²) >= 11 is 0. The van der Waals surface area contributed by atoms with Gasteiger partial charge in [0.05, 0.1) is 7.11 Å². The number of anilines is 1. The molecule has 0 unspecified atom stereocenters. The summed E-state index contributed by atoms with van der Waals surface area (Å²) < 4.78 is 5.06. The Balaban J connectivity index is 2.64. The van der Waals surface area contributed by atoms with Crippen molar-refractivity contribution in [2.45, 2.75) is 0 Å². The molecule has 0 aliphatic rings. The second kappa shape index (κ2) is 5.44. The van der Waals surface area contributed by atoms with Crippen molar-refractivity contribution < 1.29 is 4.74 Å². The fourth-order valence-electron chi connectivity index (χ4n) is 1.16. The molecule has 14 heavy (non-hydrogen) atoms. The second-order valence-electron chi connectivity index (χ2n) is 3.08. The summed E-state index contributed by atoms with van der Waals surface area (Å²) in [5.41, 5.74) is 1.12. The Hall–Kier alpha value is -1.29. The van der Waals surface area contributed by atoms with Crippen LogP contribution in [0.4, 0.5) is 5.69 Å². The van der Waals surface area contributed by atoms with Crippen LogP contribution in [-0.2, 0) is 0 Å². The molecule has 0 spiro atoms. The van der Waals surface area contributed by atoms with Gasteiger partial charge in [-0.05, 0) is 13.1 Å². The highest BCUT2D eigenvalue weighted by atomic mass is 16.5. The zero-order chi connectivity index (χ0) is 10.4. The number of nitrogens with zero attached hydrogens (tertiary/aromatic N) is 2. The van der Waals surface area contributed by atoms with Crippen molar-refractivity contribution in [1.29, 1.82) is 0 Å². The van der Waals surface area contributed by atoms with E-state index in [1.165, 1.54) is 0 Å². The lowest BCUT2D eigenvalue weighted by Gasteiger charge is -2.19. The van der Waals surface area contributed by atoms with Gasteiger partial charge in [-0.15, -0.1) is 0 Å². The molecule has 0 saturated carbocycles. The number of ether oxygens (including phenoxy) is 1. The highest BCUT2D eigenvalue weighted by molar-refractivity contribution is 5.47. The number of likely N-dealkylation sites (N-methyl/N-ethyl adjacent to an activating group) is 2. The molecule has 0 bridgehead atoms. The molecular weight excluding hydrogens is 178 g/mol. The van der Waals surface area contributed by atoms with Crippen LogP contribution in [0.1, 0.15) is 0 Å². The van der Waals surface area contributed by atoms with Crippen molar-refractivity contribution >= 4 is 5.69 Å². The zero-order valence-electron chi connectivity index (χ0n) is 8.95. The lowest BCUT2D eigenvalue weighted by atomic mass is 10.3. The molecule has 1 aromatic heterocycles. The van der Waals surface area contributed by atoms with Gasteiger partial charge >= 0.3 is 0 Å². The van der Waals surface area contributed by atoms with Crippen molar-refractivity contribution in [3.8, 4) is 5.88 Å². The molecule has 0 saturated heterocycles. The Morgan fingerprint density at radius 2 is 2.36 bits per heavy atom. The molecule has 0 aromatic carbocycles. The number of hydrogen-bond acceptors (Lipinski definition) is 4. The molecular formula is C10H17N3O. The molecule has 78 valence electrons. The first-order valence-electron chi connectivity index (χ1n) is 4.63. The van der Waals surface area contributed by atoms with Crippen LogP contribution in [0.3, 0.4) is 0 Å². The van der Waals surface area contributed by atoms with Crippen LogP contribution < -0.4 is 15.0 Å². The minimum atomic E-state index is 0.652. The Morgan fingerprint density at radius 1 is 1.57 bits per heavy atom. The number of rotatable bonds is 5. The zero-order valence-corrected chi connectivity index (χ0v) is 8.95. The van der Waals surface area contributed by atoms with E-state index < -0.39 is 0 Å². The average molecular weight is 195 g/mol. The maximum atomic E-state index is 5.06. The maximum Gasteiger partial charge on any atom is 0.214 e. The van der Waals surface area contributed by atoms with Gasteiger partial charge in [-0.1, -0.05) is 0 Å². The van der Waals surface area contributed by atoms with Crippen molar-refractivity contribution in [3.63, 3.8) is 0 Å². The average Bonchev–Trinajstić information content (AvgIpc) is 2.26. The van der Waals surface area contributed by atoms with Crippen LogP contribution in [0.15, 0.2) is 18.3 Å². The first-order chi connectivity index (χ1) is 6.77. The first-order valence-corrected chi connectivity index (χ1v) is 4.63. The monoisotopic (exact) mass is 195 g/mol. The molecule has 0 radical (unpaired) electrons. The van der Waals surface area contributed by atoms with E-state index in [0.717, 1.165) is 18.8 Å². The SMILES string of the molecule is CNCCN(C)c1ccnc(OC)c1. The standard InChI is InChI=1S/C10H17N3O/c1-11-6-7-13(2)9-4-5-12-10(8-9)14-3/h4-5,8,11H,6-7H2,1-3H3. The van der Waals surface area contributed by atoms with Crippen molar-refractivity contribution in [2.24, 2.45) is 0 Å². The lowest BCUT2D eigenvalue weighted by Crippen LogP contribution is -2.26. The molecule has 1 aromatic rings. The van der Waals surface area contributed by atoms with E-state index in [1.54, 1.807) is 13.3 Å². The van der Waals surface area contributed by atoms with Crippen LogP contribution in [-0.4, -0.2) is 39.3 Å². The Kier molecular flexibility index (Phi) is 4.19. The molecule has 1 heterocycles. The van der Waals surface area contributed by atoms with Gasteiger partial charge in [-0.25, -0.2) is 4.98 Å². The molecule has 0 fully saturated rings. The lowest BCUT2D eigenvalue weighted by molar-refractivity contribution is 0.398. The van der Waals surface area contributed by atoms with Crippen molar-refractivity contribution in [2.75, 3.05) is 39.2 Å². The van der Waals surface area contributed by atoms with Crippen LogP contribution >= 0.6 is 0 Å². The van der Waals surface area contributed by atoms with Crippen LogP contribution in [0, 0.1) is 0 Å². The van der Waals surface area contributed by atoms with E-state index in [-0.39, 0.29) is 0 Å². The van der Waals surface area contributed by atoms with E-state index in [0.29, 0.717) is 5.88 Å². The van der Waals surface area contributed by atoms with Gasteiger partial charge in [0.2, 0.25) is 5.88 Å². The van der Waals surface area contributed by atoms with Crippen LogP contribution in [0.25, 0.3) is 0 Å². The molecule has 4 heteroatoms. The third kappa shape index (κ3) is 2.88. The summed E-state index contributed by atoms with van der Waals surface area (Å²) in [4.78, 5) is 6.21. The molecule has 0 aliphatic carbocycles. The Morgan fingerprint density at radius 3 is 3.00 bits per heavy atom. The largest absolute Gasteiger partial charge is 0.481 e. The predicted molar refractivity (Wildman–Crippen MR) is 58.0 cm³/mol. The smallest absolute Gasteiger partial charge is 0.214 e. The summed E-state index contributed by atoms with van der Waals surface area (Å²) in [5, 5.41) is 3.11. The second-order valence-corrected chi connectivity index (χ2v) is 3.08. The van der Waals surface area contributed by atoms with E-state index in [2.05, 4.69) is 15.2 Å². The Labute approximate surface area is 84.9 Å². The normalized spacial score (nSPS) is 9.93. The van der Waals surface area contributed by atoms with E-state index in [9.17, 15) is 0 Å². The molecule has 0 aliphatic heterocycles. The minimum Gasteiger partial charge on any atom is -0.481 e. The van der Waals surface area contributed by atoms with Crippen molar-refractivity contribution in [1.82, 2.24) is 10.3 Å². The van der Waals surface area contributed by atoms with Gasteiger partial charge in [0.15, 0.2) is 0 Å². The number of nitrogens with one attached hydrogen (secondary N) is 1. The molecule has 0 atom stereocenters. The number of methoxy groups -OCH3 is 1. The summed E-state index contributed by atoms with van der Waals surface area (Å²) in [5.74, 6) is 0.652. The summed E-state index contributed by atoms with van der Waals surface area (Å²) in [6.07, 6.45) is 1.75. The van der Waals surface area contributed by atoms with Gasteiger partial charge in [0.25, 0.3) is 0 Å². The predicted octanol–water partition coefficient (Wildman–Crippen LogP) is 0.746. The Bertz CT molecular complexity index is 278. The van der Waals surface area contributed by atoms with Gasteiger partial charge in [-0.3, -0.25) is 0 Å². The highest BCUT2D eigenvalue weighted by Gasteiger charge is 2.01. The first kappa shape index (κ1) is 10.8. The molecule has 1 rings (SSSR count). The number of aromatic nitrogens is 1. The maximum absolute atomic E-state index is 5.06. The van der Waals surface area contributed by atoms with Gasteiger partial charge in [-0.2, -0.15) is 0 Å². The molecule has 0 amide bonds. The van der Waals surface area contributed by atoms with Gasteiger partial charge in [0.1, 0.15) is 0 Å². The minimum absolute atomic E-state index is 0.652. The summed E-state index contributed by atoms with van der Waals surface area (Å²) in [6.45, 7) is 1.92. The third-order valence-electron chi connectivity index (χ3n) is 2.07. The van der Waals surface area contributed by atoms with E-state index in [4.69, 9.17) is 4.74 Å².